The highest BCUT2D eigenvalue weighted by atomic mass is 16.5. The SMILES string of the molecule is CC/C=C\C/C=C\C/C=C\C/C=C\C/C=C\C/C=C\CCC(=O)NC1C2CN(C(=O)C=CC(=O)OC)CC21. The van der Waals surface area contributed by atoms with Crippen molar-refractivity contribution in [2.75, 3.05) is 20.2 Å². The molecule has 2 fully saturated rings. The molecular formula is C32H44N2O4. The number of carbonyl (C=O) groups excluding carboxylic acids is 3. The second-order valence-corrected chi connectivity index (χ2v) is 9.47. The molecule has 1 saturated heterocycles. The van der Waals surface area contributed by atoms with Gasteiger partial charge in [0.05, 0.1) is 7.11 Å². The van der Waals surface area contributed by atoms with Crippen molar-refractivity contribution < 1.29 is 19.1 Å². The molecule has 1 aliphatic carbocycles. The first-order valence-electron chi connectivity index (χ1n) is 13.8. The van der Waals surface area contributed by atoms with Crippen molar-refractivity contribution in [3.05, 3.63) is 85.1 Å². The molecule has 206 valence electrons. The van der Waals surface area contributed by atoms with Crippen LogP contribution in [0.15, 0.2) is 85.1 Å². The minimum Gasteiger partial charge on any atom is -0.466 e. The highest BCUT2D eigenvalue weighted by Gasteiger charge is 2.57. The number of hydrogen-bond acceptors (Lipinski definition) is 4. The van der Waals surface area contributed by atoms with Gasteiger partial charge in [0.25, 0.3) is 0 Å². The molecule has 2 unspecified atom stereocenters. The molecule has 2 rings (SSSR count). The van der Waals surface area contributed by atoms with Gasteiger partial charge in [0.1, 0.15) is 0 Å². The summed E-state index contributed by atoms with van der Waals surface area (Å²) >= 11 is 0. The van der Waals surface area contributed by atoms with E-state index in [-0.39, 0.29) is 17.9 Å². The molecule has 0 aromatic rings. The summed E-state index contributed by atoms with van der Waals surface area (Å²) in [5.41, 5.74) is 0. The molecule has 1 heterocycles. The molecule has 1 aliphatic heterocycles. The van der Waals surface area contributed by atoms with E-state index >= 15 is 0 Å². The van der Waals surface area contributed by atoms with Gasteiger partial charge in [-0.25, -0.2) is 4.79 Å². The Hall–Kier alpha value is -3.41. The second kappa shape index (κ2) is 18.8. The molecule has 0 aromatic heterocycles. The smallest absolute Gasteiger partial charge is 0.330 e. The average Bonchev–Trinajstić information content (AvgIpc) is 3.33. The Morgan fingerprint density at radius 1 is 0.737 bits per heavy atom. The van der Waals surface area contributed by atoms with Gasteiger partial charge in [-0.05, 0) is 44.9 Å². The van der Waals surface area contributed by atoms with Gasteiger partial charge in [-0.1, -0.05) is 79.8 Å². The van der Waals surface area contributed by atoms with E-state index in [9.17, 15) is 14.4 Å². The van der Waals surface area contributed by atoms with E-state index in [0.29, 0.717) is 31.3 Å². The Labute approximate surface area is 228 Å². The van der Waals surface area contributed by atoms with Gasteiger partial charge in [-0.3, -0.25) is 9.59 Å². The zero-order chi connectivity index (χ0) is 27.4. The number of esters is 1. The van der Waals surface area contributed by atoms with Crippen LogP contribution in [-0.4, -0.2) is 48.9 Å². The average molecular weight is 521 g/mol. The number of rotatable bonds is 17. The summed E-state index contributed by atoms with van der Waals surface area (Å²) in [4.78, 5) is 37.1. The number of likely N-dealkylation sites (tertiary alicyclic amines) is 1. The lowest BCUT2D eigenvalue weighted by Crippen LogP contribution is -2.36. The number of allylic oxidation sites excluding steroid dienone is 12. The third kappa shape index (κ3) is 12.7. The minimum absolute atomic E-state index is 0.0624. The summed E-state index contributed by atoms with van der Waals surface area (Å²) in [6.07, 6.45) is 35.5. The Kier molecular flexibility index (Phi) is 15.2. The van der Waals surface area contributed by atoms with E-state index < -0.39 is 5.97 Å². The van der Waals surface area contributed by atoms with Gasteiger partial charge < -0.3 is 15.0 Å². The fourth-order valence-electron chi connectivity index (χ4n) is 4.35. The summed E-state index contributed by atoms with van der Waals surface area (Å²) in [6.45, 7) is 3.38. The maximum absolute atomic E-state index is 12.2. The second-order valence-electron chi connectivity index (χ2n) is 9.47. The lowest BCUT2D eigenvalue weighted by atomic mass is 10.2. The number of piperidine rings is 1. The van der Waals surface area contributed by atoms with E-state index in [1.807, 2.05) is 0 Å². The van der Waals surface area contributed by atoms with Crippen LogP contribution in [0.2, 0.25) is 0 Å². The first kappa shape index (κ1) is 30.8. The molecule has 0 bridgehead atoms. The van der Waals surface area contributed by atoms with E-state index in [1.54, 1.807) is 4.90 Å². The molecule has 38 heavy (non-hydrogen) atoms. The van der Waals surface area contributed by atoms with Crippen LogP contribution in [-0.2, 0) is 19.1 Å². The van der Waals surface area contributed by atoms with Crippen molar-refractivity contribution in [2.45, 2.75) is 64.3 Å². The van der Waals surface area contributed by atoms with E-state index in [0.717, 1.165) is 51.0 Å². The van der Waals surface area contributed by atoms with Crippen LogP contribution < -0.4 is 5.32 Å². The van der Waals surface area contributed by atoms with Gasteiger partial charge in [-0.15, -0.1) is 0 Å². The Morgan fingerprint density at radius 3 is 1.68 bits per heavy atom. The summed E-state index contributed by atoms with van der Waals surface area (Å²) in [6, 6.07) is 0.168. The molecule has 0 aromatic carbocycles. The minimum atomic E-state index is -0.542. The topological polar surface area (TPSA) is 75.7 Å². The summed E-state index contributed by atoms with van der Waals surface area (Å²) in [5.74, 6) is -0.0296. The Morgan fingerprint density at radius 2 is 1.21 bits per heavy atom. The van der Waals surface area contributed by atoms with Crippen molar-refractivity contribution in [3.8, 4) is 0 Å². The molecule has 2 amide bonds. The Balaban J connectivity index is 1.45. The van der Waals surface area contributed by atoms with Crippen molar-refractivity contribution >= 4 is 17.8 Å². The standard InChI is InChI=1S/C32H44N2O4/c1-3-4-5-6-7-8-9-10-11-12-13-14-15-16-17-18-19-20-21-22-29(35)33-32-27-25-34(26-28(27)32)30(36)23-24-31(37)38-2/h4-5,7-8,10-11,13-14,16-17,19-20,23-24,27-28,32H,3,6,9,12,15,18,21-22,25-26H2,1-2H3,(H,33,35)/b5-4-,8-7-,11-10-,14-13-,17-16-,20-19-,24-23?. The number of hydrogen-bond donors (Lipinski definition) is 1. The number of nitrogens with zero attached hydrogens (tertiary/aromatic N) is 1. The van der Waals surface area contributed by atoms with Crippen LogP contribution in [0.25, 0.3) is 0 Å². The number of nitrogens with one attached hydrogen (secondary N) is 1. The predicted octanol–water partition coefficient (Wildman–Crippen LogP) is 5.77. The third-order valence-electron chi connectivity index (χ3n) is 6.53. The monoisotopic (exact) mass is 520 g/mol. The number of methoxy groups -OCH3 is 1. The predicted molar refractivity (Wildman–Crippen MR) is 154 cm³/mol. The molecule has 6 heteroatoms. The molecule has 0 radical (unpaired) electrons. The van der Waals surface area contributed by atoms with Gasteiger partial charge in [0, 0.05) is 49.5 Å². The lowest BCUT2D eigenvalue weighted by Gasteiger charge is -2.18. The van der Waals surface area contributed by atoms with Crippen LogP contribution in [0.3, 0.4) is 0 Å². The highest BCUT2D eigenvalue weighted by Crippen LogP contribution is 2.45. The molecule has 1 N–H and O–H groups in total. The van der Waals surface area contributed by atoms with Gasteiger partial charge >= 0.3 is 5.97 Å². The van der Waals surface area contributed by atoms with E-state index in [2.05, 4.69) is 89.9 Å². The first-order chi connectivity index (χ1) is 18.6. The number of carbonyl (C=O) groups is 3. The van der Waals surface area contributed by atoms with Gasteiger partial charge in [0.15, 0.2) is 0 Å². The Bertz CT molecular complexity index is 943. The molecule has 2 aliphatic rings. The largest absolute Gasteiger partial charge is 0.466 e. The van der Waals surface area contributed by atoms with Crippen LogP contribution >= 0.6 is 0 Å². The van der Waals surface area contributed by atoms with Crippen LogP contribution in [0.4, 0.5) is 0 Å². The maximum Gasteiger partial charge on any atom is 0.330 e. The van der Waals surface area contributed by atoms with Crippen molar-refractivity contribution in [1.29, 1.82) is 0 Å². The molecule has 1 saturated carbocycles. The number of ether oxygens (including phenoxy) is 1. The third-order valence-corrected chi connectivity index (χ3v) is 6.53. The van der Waals surface area contributed by atoms with E-state index in [4.69, 9.17) is 0 Å². The molecule has 0 spiro atoms. The van der Waals surface area contributed by atoms with Crippen molar-refractivity contribution in [2.24, 2.45) is 11.8 Å². The fourth-order valence-corrected chi connectivity index (χ4v) is 4.35. The molecule has 6 nitrogen and oxygen atoms in total. The van der Waals surface area contributed by atoms with Crippen molar-refractivity contribution in [3.63, 3.8) is 0 Å². The van der Waals surface area contributed by atoms with Crippen molar-refractivity contribution in [1.82, 2.24) is 10.2 Å². The van der Waals surface area contributed by atoms with Gasteiger partial charge in [0.2, 0.25) is 11.8 Å². The fraction of sp³-hybridized carbons (Fsp3) is 0.469. The summed E-state index contributed by atoms with van der Waals surface area (Å²) in [5, 5.41) is 3.10. The normalized spacial score (nSPS) is 21.3. The molecular weight excluding hydrogens is 476 g/mol. The van der Waals surface area contributed by atoms with Gasteiger partial charge in [-0.2, -0.15) is 0 Å². The summed E-state index contributed by atoms with van der Waals surface area (Å²) < 4.78 is 4.50. The zero-order valence-electron chi connectivity index (χ0n) is 23.0. The first-order valence-corrected chi connectivity index (χ1v) is 13.8. The highest BCUT2D eigenvalue weighted by molar-refractivity contribution is 5.94. The quantitative estimate of drug-likeness (QED) is 0.150. The number of fused-ring (bicyclic) bond motifs is 1. The van der Waals surface area contributed by atoms with Crippen LogP contribution in [0.5, 0.6) is 0 Å². The van der Waals surface area contributed by atoms with Crippen LogP contribution in [0, 0.1) is 11.8 Å². The number of amides is 2. The zero-order valence-corrected chi connectivity index (χ0v) is 23.0. The van der Waals surface area contributed by atoms with Crippen LogP contribution in [0.1, 0.15) is 58.3 Å². The van der Waals surface area contributed by atoms with E-state index in [1.165, 1.54) is 13.2 Å². The molecule has 2 atom stereocenters. The lowest BCUT2D eigenvalue weighted by molar-refractivity contribution is -0.135. The maximum atomic E-state index is 12.2. The summed E-state index contributed by atoms with van der Waals surface area (Å²) in [7, 11) is 1.28.